The molecule has 1 saturated heterocycles. The van der Waals surface area contributed by atoms with E-state index in [-0.39, 0.29) is 5.78 Å². The van der Waals surface area contributed by atoms with E-state index in [1.54, 1.807) is 6.92 Å². The minimum absolute atomic E-state index is 0.0531. The molecular formula is C14H16O3. The lowest BCUT2D eigenvalue weighted by molar-refractivity contribution is -0.177. The van der Waals surface area contributed by atoms with E-state index in [0.29, 0.717) is 0 Å². The van der Waals surface area contributed by atoms with Crippen LogP contribution >= 0.6 is 0 Å². The van der Waals surface area contributed by atoms with Gasteiger partial charge in [0.25, 0.3) is 0 Å². The van der Waals surface area contributed by atoms with E-state index in [2.05, 4.69) is 0 Å². The molecule has 0 N–H and O–H groups in total. The Balaban J connectivity index is 2.41. The minimum atomic E-state index is -0.672. The highest BCUT2D eigenvalue weighted by Gasteiger charge is 2.49. The van der Waals surface area contributed by atoms with Crippen LogP contribution in [0, 0.1) is 11.3 Å². The first-order valence-electron chi connectivity index (χ1n) is 5.74. The standard InChI is InChI=1S/C14H16O3/c1-9-11(15)14(2,3)12(17-13(9)16)10-7-5-4-6-8-10/h4-9,12H,1-3H3. The van der Waals surface area contributed by atoms with Crippen LogP contribution in [0.1, 0.15) is 32.4 Å². The van der Waals surface area contributed by atoms with Crippen LogP contribution in [-0.2, 0) is 14.3 Å². The van der Waals surface area contributed by atoms with Crippen LogP contribution in [0.5, 0.6) is 0 Å². The van der Waals surface area contributed by atoms with Crippen molar-refractivity contribution in [3.8, 4) is 0 Å². The van der Waals surface area contributed by atoms with Crippen LogP contribution in [-0.4, -0.2) is 11.8 Å². The molecule has 0 saturated carbocycles. The fourth-order valence-electron chi connectivity index (χ4n) is 2.27. The molecule has 1 aromatic rings. The van der Waals surface area contributed by atoms with Gasteiger partial charge in [0.15, 0.2) is 5.78 Å². The Kier molecular flexibility index (Phi) is 2.77. The van der Waals surface area contributed by atoms with Gasteiger partial charge in [-0.2, -0.15) is 0 Å². The van der Waals surface area contributed by atoms with Crippen molar-refractivity contribution >= 4 is 11.8 Å². The number of cyclic esters (lactones) is 1. The van der Waals surface area contributed by atoms with Crippen molar-refractivity contribution in [1.29, 1.82) is 0 Å². The van der Waals surface area contributed by atoms with E-state index in [1.807, 2.05) is 44.2 Å². The average molecular weight is 232 g/mol. The summed E-state index contributed by atoms with van der Waals surface area (Å²) in [6.45, 7) is 5.26. The lowest BCUT2D eigenvalue weighted by atomic mass is 9.73. The lowest BCUT2D eigenvalue weighted by Gasteiger charge is -2.39. The molecule has 1 aliphatic heterocycles. The summed E-state index contributed by atoms with van der Waals surface area (Å²) in [7, 11) is 0. The molecule has 0 amide bonds. The predicted octanol–water partition coefficient (Wildman–Crippen LogP) is 2.52. The number of ether oxygens (including phenoxy) is 1. The van der Waals surface area contributed by atoms with Crippen LogP contribution in [0.4, 0.5) is 0 Å². The number of carbonyl (C=O) groups is 2. The van der Waals surface area contributed by atoms with Gasteiger partial charge in [0.1, 0.15) is 12.0 Å². The normalized spacial score (nSPS) is 27.7. The maximum absolute atomic E-state index is 12.1. The molecule has 3 heteroatoms. The average Bonchev–Trinajstić information content (AvgIpc) is 2.33. The first kappa shape index (κ1) is 11.8. The van der Waals surface area contributed by atoms with Gasteiger partial charge in [0.2, 0.25) is 0 Å². The fourth-order valence-corrected chi connectivity index (χ4v) is 2.27. The Labute approximate surface area is 101 Å². The van der Waals surface area contributed by atoms with E-state index < -0.39 is 23.4 Å². The number of benzene rings is 1. The Bertz CT molecular complexity index is 448. The zero-order chi connectivity index (χ0) is 12.6. The quantitative estimate of drug-likeness (QED) is 0.552. The van der Waals surface area contributed by atoms with Gasteiger partial charge >= 0.3 is 5.97 Å². The van der Waals surface area contributed by atoms with Crippen molar-refractivity contribution in [3.05, 3.63) is 35.9 Å². The second kappa shape index (κ2) is 3.99. The molecule has 2 rings (SSSR count). The molecule has 2 atom stereocenters. The van der Waals surface area contributed by atoms with Gasteiger partial charge in [0.05, 0.1) is 5.41 Å². The summed E-state index contributed by atoms with van der Waals surface area (Å²) in [5.74, 6) is -1.14. The molecule has 1 heterocycles. The molecule has 2 unspecified atom stereocenters. The molecule has 1 aromatic carbocycles. The molecule has 1 fully saturated rings. The van der Waals surface area contributed by atoms with E-state index >= 15 is 0 Å². The van der Waals surface area contributed by atoms with Crippen LogP contribution in [0.2, 0.25) is 0 Å². The van der Waals surface area contributed by atoms with Gasteiger partial charge in [-0.25, -0.2) is 0 Å². The first-order valence-corrected chi connectivity index (χ1v) is 5.74. The van der Waals surface area contributed by atoms with E-state index in [4.69, 9.17) is 4.74 Å². The number of ketones is 1. The van der Waals surface area contributed by atoms with Gasteiger partial charge < -0.3 is 4.74 Å². The molecular weight excluding hydrogens is 216 g/mol. The van der Waals surface area contributed by atoms with Crippen LogP contribution < -0.4 is 0 Å². The van der Waals surface area contributed by atoms with Crippen molar-refractivity contribution in [2.45, 2.75) is 26.9 Å². The lowest BCUT2D eigenvalue weighted by Crippen LogP contribution is -2.46. The topological polar surface area (TPSA) is 43.4 Å². The summed E-state index contributed by atoms with van der Waals surface area (Å²) < 4.78 is 5.41. The largest absolute Gasteiger partial charge is 0.456 e. The highest BCUT2D eigenvalue weighted by Crippen LogP contribution is 2.43. The number of rotatable bonds is 1. The van der Waals surface area contributed by atoms with Gasteiger partial charge in [-0.3, -0.25) is 9.59 Å². The fraction of sp³-hybridized carbons (Fsp3) is 0.429. The van der Waals surface area contributed by atoms with Crippen molar-refractivity contribution < 1.29 is 14.3 Å². The summed E-state index contributed by atoms with van der Waals surface area (Å²) in [6, 6.07) is 9.40. The Morgan fingerprint density at radius 1 is 1.12 bits per heavy atom. The molecule has 0 spiro atoms. The molecule has 1 aliphatic rings. The smallest absolute Gasteiger partial charge is 0.316 e. The zero-order valence-electron chi connectivity index (χ0n) is 10.3. The number of hydrogen-bond donors (Lipinski definition) is 0. The molecule has 0 bridgehead atoms. The Morgan fingerprint density at radius 3 is 2.29 bits per heavy atom. The second-order valence-corrected chi connectivity index (χ2v) is 5.04. The van der Waals surface area contributed by atoms with Crippen molar-refractivity contribution in [2.24, 2.45) is 11.3 Å². The molecule has 0 aliphatic carbocycles. The predicted molar refractivity (Wildman–Crippen MR) is 63.2 cm³/mol. The number of carbonyl (C=O) groups excluding carboxylic acids is 2. The summed E-state index contributed by atoms with van der Waals surface area (Å²) in [6.07, 6.45) is -0.486. The van der Waals surface area contributed by atoms with Crippen molar-refractivity contribution in [1.82, 2.24) is 0 Å². The van der Waals surface area contributed by atoms with Crippen LogP contribution in [0.3, 0.4) is 0 Å². The molecule has 90 valence electrons. The van der Waals surface area contributed by atoms with Gasteiger partial charge in [0, 0.05) is 0 Å². The number of esters is 1. The van der Waals surface area contributed by atoms with E-state index in [9.17, 15) is 9.59 Å². The van der Waals surface area contributed by atoms with Gasteiger partial charge in [-0.1, -0.05) is 30.3 Å². The van der Waals surface area contributed by atoms with Crippen molar-refractivity contribution in [3.63, 3.8) is 0 Å². The minimum Gasteiger partial charge on any atom is -0.456 e. The van der Waals surface area contributed by atoms with Gasteiger partial charge in [-0.05, 0) is 26.3 Å². The number of Topliss-reactive ketones (excluding diaryl/α,β-unsaturated/α-hetero) is 1. The van der Waals surface area contributed by atoms with Gasteiger partial charge in [-0.15, -0.1) is 0 Å². The summed E-state index contributed by atoms with van der Waals surface area (Å²) in [5.41, 5.74) is 0.195. The third-order valence-electron chi connectivity index (χ3n) is 3.37. The third-order valence-corrected chi connectivity index (χ3v) is 3.37. The Morgan fingerprint density at radius 2 is 1.71 bits per heavy atom. The molecule has 0 radical (unpaired) electrons. The van der Waals surface area contributed by atoms with Crippen molar-refractivity contribution in [2.75, 3.05) is 0 Å². The first-order chi connectivity index (χ1) is 7.94. The maximum Gasteiger partial charge on any atom is 0.316 e. The van der Waals surface area contributed by atoms with Crippen LogP contribution in [0.25, 0.3) is 0 Å². The van der Waals surface area contributed by atoms with E-state index in [0.717, 1.165) is 5.56 Å². The molecule has 3 nitrogen and oxygen atoms in total. The highest BCUT2D eigenvalue weighted by atomic mass is 16.5. The Hall–Kier alpha value is -1.64. The zero-order valence-corrected chi connectivity index (χ0v) is 10.3. The molecule has 17 heavy (non-hydrogen) atoms. The van der Waals surface area contributed by atoms with Crippen LogP contribution in [0.15, 0.2) is 30.3 Å². The maximum atomic E-state index is 12.1. The molecule has 0 aromatic heterocycles. The number of hydrogen-bond acceptors (Lipinski definition) is 3. The monoisotopic (exact) mass is 232 g/mol. The summed E-state index contributed by atoms with van der Waals surface area (Å²) in [4.78, 5) is 23.8. The SMILES string of the molecule is CC1C(=O)OC(c2ccccc2)C(C)(C)C1=O. The summed E-state index contributed by atoms with van der Waals surface area (Å²) >= 11 is 0. The van der Waals surface area contributed by atoms with E-state index in [1.165, 1.54) is 0 Å². The highest BCUT2D eigenvalue weighted by molar-refractivity contribution is 6.03. The third kappa shape index (κ3) is 1.86. The summed E-state index contributed by atoms with van der Waals surface area (Å²) in [5, 5.41) is 0. The second-order valence-electron chi connectivity index (χ2n) is 5.04.